The van der Waals surface area contributed by atoms with Crippen LogP contribution in [0.15, 0.2) is 53.7 Å². The summed E-state index contributed by atoms with van der Waals surface area (Å²) < 4.78 is 1.91. The highest BCUT2D eigenvalue weighted by molar-refractivity contribution is 8.00. The van der Waals surface area contributed by atoms with Gasteiger partial charge in [-0.1, -0.05) is 56.8 Å². The van der Waals surface area contributed by atoms with Crippen LogP contribution in [-0.2, 0) is 22.1 Å². The number of thioether (sulfide) groups is 1. The minimum atomic E-state index is -0.371. The molecule has 0 aliphatic carbocycles. The van der Waals surface area contributed by atoms with Crippen LogP contribution >= 0.6 is 11.8 Å². The first-order valence-electron chi connectivity index (χ1n) is 10.4. The summed E-state index contributed by atoms with van der Waals surface area (Å²) >= 11 is 1.35. The van der Waals surface area contributed by atoms with Crippen LogP contribution < -0.4 is 10.6 Å². The van der Waals surface area contributed by atoms with Crippen molar-refractivity contribution in [1.29, 1.82) is 0 Å². The van der Waals surface area contributed by atoms with Crippen molar-refractivity contribution in [2.24, 2.45) is 7.05 Å². The normalized spacial score (nSPS) is 12.3. The number of benzene rings is 2. The van der Waals surface area contributed by atoms with Gasteiger partial charge in [0, 0.05) is 30.9 Å². The van der Waals surface area contributed by atoms with Crippen LogP contribution in [0.3, 0.4) is 0 Å². The molecule has 3 rings (SSSR count). The average molecular weight is 452 g/mol. The SMILES string of the molecule is CC(=O)Nc1ccc(NC(=O)[C@@H](C)Sc2nnc(-c3ccc(C(C)(C)C)cc3)n2C)cc1. The Morgan fingerprint density at radius 1 is 0.938 bits per heavy atom. The highest BCUT2D eigenvalue weighted by atomic mass is 32.2. The Bertz CT molecular complexity index is 1100. The highest BCUT2D eigenvalue weighted by Gasteiger charge is 2.20. The molecular formula is C24H29N5O2S. The zero-order chi connectivity index (χ0) is 23.5. The predicted molar refractivity (Wildman–Crippen MR) is 130 cm³/mol. The van der Waals surface area contributed by atoms with Gasteiger partial charge >= 0.3 is 0 Å². The lowest BCUT2D eigenvalue weighted by Crippen LogP contribution is -2.22. The number of anilines is 2. The lowest BCUT2D eigenvalue weighted by atomic mass is 9.87. The van der Waals surface area contributed by atoms with Crippen molar-refractivity contribution in [3.05, 3.63) is 54.1 Å². The van der Waals surface area contributed by atoms with Gasteiger partial charge in [0.25, 0.3) is 0 Å². The van der Waals surface area contributed by atoms with E-state index in [1.165, 1.54) is 24.2 Å². The topological polar surface area (TPSA) is 88.9 Å². The molecule has 2 aromatic carbocycles. The van der Waals surface area contributed by atoms with Gasteiger partial charge < -0.3 is 15.2 Å². The molecule has 168 valence electrons. The zero-order valence-electron chi connectivity index (χ0n) is 19.3. The first-order valence-corrected chi connectivity index (χ1v) is 11.3. The summed E-state index contributed by atoms with van der Waals surface area (Å²) in [7, 11) is 1.90. The smallest absolute Gasteiger partial charge is 0.237 e. The molecule has 2 N–H and O–H groups in total. The molecule has 0 spiro atoms. The monoisotopic (exact) mass is 451 g/mol. The number of rotatable bonds is 6. The second-order valence-corrected chi connectivity index (χ2v) is 10.0. The summed E-state index contributed by atoms with van der Waals surface area (Å²) in [4.78, 5) is 23.8. The van der Waals surface area contributed by atoms with E-state index in [-0.39, 0.29) is 22.5 Å². The van der Waals surface area contributed by atoms with E-state index in [0.29, 0.717) is 16.5 Å². The second kappa shape index (κ2) is 9.56. The van der Waals surface area contributed by atoms with E-state index in [1.54, 1.807) is 24.3 Å². The molecule has 1 aromatic heterocycles. The average Bonchev–Trinajstić information content (AvgIpc) is 3.08. The number of hydrogen-bond acceptors (Lipinski definition) is 5. The molecule has 0 bridgehead atoms. The summed E-state index contributed by atoms with van der Waals surface area (Å²) in [5.41, 5.74) is 3.67. The number of hydrogen-bond donors (Lipinski definition) is 2. The van der Waals surface area contributed by atoms with Crippen LogP contribution in [-0.4, -0.2) is 31.8 Å². The van der Waals surface area contributed by atoms with Crippen molar-refractivity contribution in [1.82, 2.24) is 14.8 Å². The van der Waals surface area contributed by atoms with Crippen LogP contribution in [0.1, 0.15) is 40.2 Å². The number of carbonyl (C=O) groups is 2. The minimum absolute atomic E-state index is 0.0898. The van der Waals surface area contributed by atoms with Gasteiger partial charge in [-0.2, -0.15) is 0 Å². The molecule has 0 aliphatic rings. The number of nitrogens with one attached hydrogen (secondary N) is 2. The Hall–Kier alpha value is -3.13. The van der Waals surface area contributed by atoms with Crippen molar-refractivity contribution in [3.63, 3.8) is 0 Å². The molecule has 0 unspecified atom stereocenters. The zero-order valence-corrected chi connectivity index (χ0v) is 20.1. The van der Waals surface area contributed by atoms with Gasteiger partial charge in [0.1, 0.15) is 0 Å². The standard InChI is InChI=1S/C24H29N5O2S/c1-15(22(31)26-20-13-11-19(12-14-20)25-16(2)30)32-23-28-27-21(29(23)6)17-7-9-18(10-8-17)24(3,4)5/h7-15H,1-6H3,(H,25,30)(H,26,31)/t15-/m1/s1. The highest BCUT2D eigenvalue weighted by Crippen LogP contribution is 2.28. The fourth-order valence-electron chi connectivity index (χ4n) is 3.08. The third-order valence-electron chi connectivity index (χ3n) is 4.97. The van der Waals surface area contributed by atoms with Crippen LogP contribution in [0.5, 0.6) is 0 Å². The van der Waals surface area contributed by atoms with Crippen molar-refractivity contribution >= 4 is 35.0 Å². The van der Waals surface area contributed by atoms with E-state index in [4.69, 9.17) is 0 Å². The van der Waals surface area contributed by atoms with Crippen LogP contribution in [0, 0.1) is 0 Å². The first-order chi connectivity index (χ1) is 15.0. The maximum atomic E-state index is 12.6. The third-order valence-corrected chi connectivity index (χ3v) is 6.10. The molecule has 1 atom stereocenters. The van der Waals surface area contributed by atoms with Gasteiger partial charge in [-0.15, -0.1) is 10.2 Å². The molecular weight excluding hydrogens is 422 g/mol. The van der Waals surface area contributed by atoms with E-state index in [0.717, 1.165) is 11.4 Å². The molecule has 0 aliphatic heterocycles. The Morgan fingerprint density at radius 2 is 1.50 bits per heavy atom. The fraction of sp³-hybridized carbons (Fsp3) is 0.333. The quantitative estimate of drug-likeness (QED) is 0.523. The molecule has 0 saturated carbocycles. The molecule has 7 nitrogen and oxygen atoms in total. The maximum absolute atomic E-state index is 12.6. The van der Waals surface area contributed by atoms with E-state index < -0.39 is 0 Å². The number of amides is 2. The number of aromatic nitrogens is 3. The Morgan fingerprint density at radius 3 is 2.03 bits per heavy atom. The summed E-state index contributed by atoms with van der Waals surface area (Å²) in [5.74, 6) is 0.482. The van der Waals surface area contributed by atoms with Crippen molar-refractivity contribution < 1.29 is 9.59 Å². The fourth-order valence-corrected chi connectivity index (χ4v) is 3.90. The van der Waals surface area contributed by atoms with E-state index in [9.17, 15) is 9.59 Å². The second-order valence-electron chi connectivity index (χ2n) is 8.70. The summed E-state index contributed by atoms with van der Waals surface area (Å²) in [6, 6.07) is 15.3. The first kappa shape index (κ1) is 23.5. The largest absolute Gasteiger partial charge is 0.326 e. The maximum Gasteiger partial charge on any atom is 0.237 e. The Kier molecular flexibility index (Phi) is 7.03. The lowest BCUT2D eigenvalue weighted by Gasteiger charge is -2.19. The van der Waals surface area contributed by atoms with E-state index in [2.05, 4.69) is 65.9 Å². The van der Waals surface area contributed by atoms with Crippen LogP contribution in [0.2, 0.25) is 0 Å². The van der Waals surface area contributed by atoms with Crippen molar-refractivity contribution in [3.8, 4) is 11.4 Å². The molecule has 2 amide bonds. The van der Waals surface area contributed by atoms with Crippen LogP contribution in [0.25, 0.3) is 11.4 Å². The minimum Gasteiger partial charge on any atom is -0.326 e. The van der Waals surface area contributed by atoms with E-state index in [1.807, 2.05) is 18.5 Å². The van der Waals surface area contributed by atoms with Gasteiger partial charge in [-0.3, -0.25) is 9.59 Å². The predicted octanol–water partition coefficient (Wildman–Crippen LogP) is 4.86. The lowest BCUT2D eigenvalue weighted by molar-refractivity contribution is -0.115. The van der Waals surface area contributed by atoms with Crippen molar-refractivity contribution in [2.45, 2.75) is 50.4 Å². The molecule has 1 heterocycles. The van der Waals surface area contributed by atoms with Gasteiger partial charge in [0.2, 0.25) is 11.8 Å². The molecule has 32 heavy (non-hydrogen) atoms. The van der Waals surface area contributed by atoms with Crippen molar-refractivity contribution in [2.75, 3.05) is 10.6 Å². The van der Waals surface area contributed by atoms with Crippen LogP contribution in [0.4, 0.5) is 11.4 Å². The summed E-state index contributed by atoms with van der Waals surface area (Å²) in [6.45, 7) is 9.83. The molecule has 0 fully saturated rings. The number of nitrogens with zero attached hydrogens (tertiary/aromatic N) is 3. The molecule has 0 saturated heterocycles. The number of carbonyl (C=O) groups excluding carboxylic acids is 2. The third kappa shape index (κ3) is 5.76. The Labute approximate surface area is 193 Å². The molecule has 8 heteroatoms. The molecule has 0 radical (unpaired) electrons. The van der Waals surface area contributed by atoms with Gasteiger partial charge in [-0.05, 0) is 42.2 Å². The van der Waals surface area contributed by atoms with Gasteiger partial charge in [0.05, 0.1) is 5.25 Å². The Balaban J connectivity index is 1.65. The molecule has 3 aromatic rings. The van der Waals surface area contributed by atoms with E-state index >= 15 is 0 Å². The van der Waals surface area contributed by atoms with Gasteiger partial charge in [0.15, 0.2) is 11.0 Å². The summed E-state index contributed by atoms with van der Waals surface area (Å²) in [6.07, 6.45) is 0. The summed E-state index contributed by atoms with van der Waals surface area (Å²) in [5, 5.41) is 14.5. The van der Waals surface area contributed by atoms with Gasteiger partial charge in [-0.25, -0.2) is 0 Å².